The van der Waals surface area contributed by atoms with E-state index >= 15 is 0 Å². The molecule has 0 N–H and O–H groups in total. The summed E-state index contributed by atoms with van der Waals surface area (Å²) in [6.07, 6.45) is 2.09. The highest BCUT2D eigenvalue weighted by Gasteiger charge is 2.35. The molecule has 0 aromatic carbocycles. The second-order valence-electron chi connectivity index (χ2n) is 7.90. The fraction of sp³-hybridized carbons (Fsp3) is 0.947. The third-order valence-electron chi connectivity index (χ3n) is 4.54. The maximum atomic E-state index is 12.1. The summed E-state index contributed by atoms with van der Waals surface area (Å²) in [6.45, 7) is 18.1. The molecule has 0 aliphatic heterocycles. The summed E-state index contributed by atoms with van der Waals surface area (Å²) in [6, 6.07) is 0. The summed E-state index contributed by atoms with van der Waals surface area (Å²) in [4.78, 5) is 33.6. The molecule has 7 nitrogen and oxygen atoms in total. The minimum Gasteiger partial charge on any atom is -0.399 e. The summed E-state index contributed by atoms with van der Waals surface area (Å²) in [5.41, 5.74) is -0.906. The van der Waals surface area contributed by atoms with Crippen molar-refractivity contribution in [1.29, 1.82) is 0 Å². The molecular weight excluding hydrogens is 340 g/mol. The predicted molar refractivity (Wildman–Crippen MR) is 98.0 cm³/mol. The van der Waals surface area contributed by atoms with Crippen LogP contribution in [-0.4, -0.2) is 28.9 Å². The van der Waals surface area contributed by atoms with E-state index in [0.717, 1.165) is 25.7 Å². The minimum absolute atomic E-state index is 0.453. The van der Waals surface area contributed by atoms with E-state index in [9.17, 15) is 4.79 Å². The number of carbonyl (C=O) groups is 1. The summed E-state index contributed by atoms with van der Waals surface area (Å²) in [7, 11) is 0. The van der Waals surface area contributed by atoms with Gasteiger partial charge in [-0.3, -0.25) is 0 Å². The minimum atomic E-state index is -1.32. The van der Waals surface area contributed by atoms with Gasteiger partial charge in [0, 0.05) is 27.7 Å². The Morgan fingerprint density at radius 1 is 0.577 bits per heavy atom. The third-order valence-corrected chi connectivity index (χ3v) is 4.54. The molecule has 0 saturated heterocycles. The highest BCUT2D eigenvalue weighted by molar-refractivity contribution is 5.60. The van der Waals surface area contributed by atoms with Crippen LogP contribution in [0.15, 0.2) is 0 Å². The van der Waals surface area contributed by atoms with Crippen LogP contribution in [0.5, 0.6) is 0 Å². The first-order valence-electron chi connectivity index (χ1n) is 9.41. The smallest absolute Gasteiger partial charge is 0.399 e. The molecule has 0 heterocycles. The number of carbonyl (C=O) groups excluding carboxylic acids is 1. The van der Waals surface area contributed by atoms with Crippen molar-refractivity contribution in [3.05, 3.63) is 0 Å². The Bertz CT molecular complexity index is 386. The molecule has 0 aliphatic rings. The van der Waals surface area contributed by atoms with E-state index < -0.39 is 28.9 Å². The van der Waals surface area contributed by atoms with Gasteiger partial charge in [-0.15, -0.1) is 0 Å². The van der Waals surface area contributed by atoms with Gasteiger partial charge in [-0.2, -0.15) is 9.78 Å². The van der Waals surface area contributed by atoms with Gasteiger partial charge >= 0.3 is 6.16 Å². The van der Waals surface area contributed by atoms with Crippen LogP contribution in [0, 0.1) is 0 Å². The van der Waals surface area contributed by atoms with Crippen LogP contribution in [0.25, 0.3) is 0 Å². The van der Waals surface area contributed by atoms with Crippen LogP contribution in [0.1, 0.15) is 94.9 Å². The van der Waals surface area contributed by atoms with Crippen LogP contribution < -0.4 is 0 Å². The second kappa shape index (κ2) is 9.88. The Hall–Kier alpha value is -0.890. The summed E-state index contributed by atoms with van der Waals surface area (Å²) < 4.78 is 10.4. The molecule has 0 aromatic rings. The van der Waals surface area contributed by atoms with E-state index in [1.165, 1.54) is 0 Å². The lowest BCUT2D eigenvalue weighted by Gasteiger charge is -2.33. The zero-order chi connectivity index (χ0) is 20.6. The fourth-order valence-electron chi connectivity index (χ4n) is 1.59. The monoisotopic (exact) mass is 378 g/mol. The van der Waals surface area contributed by atoms with Gasteiger partial charge < -0.3 is 9.47 Å². The molecule has 0 atom stereocenters. The van der Waals surface area contributed by atoms with Crippen molar-refractivity contribution in [2.45, 2.75) is 118 Å². The van der Waals surface area contributed by atoms with Crippen molar-refractivity contribution in [3.8, 4) is 0 Å². The topological polar surface area (TPSA) is 72.5 Å². The van der Waals surface area contributed by atoms with Crippen molar-refractivity contribution in [3.63, 3.8) is 0 Å². The number of hydrogen-bond acceptors (Lipinski definition) is 7. The van der Waals surface area contributed by atoms with Crippen LogP contribution in [-0.2, 0) is 29.0 Å². The molecule has 0 radical (unpaired) electrons. The summed E-state index contributed by atoms with van der Waals surface area (Å²) in [5, 5.41) is 0. The molecule has 0 amide bonds. The van der Waals surface area contributed by atoms with E-state index in [1.807, 2.05) is 41.5 Å². The molecule has 0 aliphatic carbocycles. The van der Waals surface area contributed by atoms with Gasteiger partial charge in [-0.1, -0.05) is 27.7 Å². The van der Waals surface area contributed by atoms with Gasteiger partial charge in [0.25, 0.3) is 0 Å². The van der Waals surface area contributed by atoms with Crippen LogP contribution in [0.3, 0.4) is 0 Å². The standard InChI is InChI=1S/C19H38O7/c1-11-18(9,12-2)25-23-16(5,6)21-15(20)22-17(7,8)24-26-19(10,13-3)14-4/h11-14H2,1-10H3. The van der Waals surface area contributed by atoms with Gasteiger partial charge in [0.15, 0.2) is 0 Å². The maximum Gasteiger partial charge on any atom is 0.513 e. The van der Waals surface area contributed by atoms with Gasteiger partial charge in [-0.25, -0.2) is 14.6 Å². The molecule has 0 bridgehead atoms. The first-order valence-corrected chi connectivity index (χ1v) is 9.41. The Kier molecular flexibility index (Phi) is 9.54. The highest BCUT2D eigenvalue weighted by Crippen LogP contribution is 2.26. The van der Waals surface area contributed by atoms with Crippen molar-refractivity contribution in [1.82, 2.24) is 0 Å². The number of hydrogen-bond donors (Lipinski definition) is 0. The summed E-state index contributed by atoms with van der Waals surface area (Å²) >= 11 is 0. The van der Waals surface area contributed by atoms with Crippen LogP contribution >= 0.6 is 0 Å². The Labute approximate surface area is 158 Å². The largest absolute Gasteiger partial charge is 0.513 e. The zero-order valence-electron chi connectivity index (χ0n) is 18.2. The van der Waals surface area contributed by atoms with Crippen molar-refractivity contribution in [2.24, 2.45) is 0 Å². The molecule has 0 aromatic heterocycles. The Balaban J connectivity index is 4.61. The third kappa shape index (κ3) is 9.16. The zero-order valence-corrected chi connectivity index (χ0v) is 18.2. The van der Waals surface area contributed by atoms with E-state index in [0.29, 0.717) is 0 Å². The highest BCUT2D eigenvalue weighted by atomic mass is 17.3. The summed E-state index contributed by atoms with van der Waals surface area (Å²) in [5.74, 6) is -2.64. The van der Waals surface area contributed by atoms with Crippen molar-refractivity contribution >= 4 is 6.16 Å². The van der Waals surface area contributed by atoms with Gasteiger partial charge in [0.2, 0.25) is 11.6 Å². The first-order chi connectivity index (χ1) is 11.8. The quantitative estimate of drug-likeness (QED) is 0.188. The van der Waals surface area contributed by atoms with Gasteiger partial charge in [0.05, 0.1) is 0 Å². The Morgan fingerprint density at radius 2 is 0.846 bits per heavy atom. The predicted octanol–water partition coefficient (Wildman–Crippen LogP) is 5.67. The average molecular weight is 379 g/mol. The first kappa shape index (κ1) is 25.1. The van der Waals surface area contributed by atoms with E-state index in [4.69, 9.17) is 29.0 Å². The van der Waals surface area contributed by atoms with E-state index in [1.54, 1.807) is 27.7 Å². The molecule has 0 saturated carbocycles. The maximum absolute atomic E-state index is 12.1. The number of rotatable bonds is 12. The molecule has 0 spiro atoms. The molecule has 26 heavy (non-hydrogen) atoms. The average Bonchev–Trinajstić information content (AvgIpc) is 2.56. The lowest BCUT2D eigenvalue weighted by atomic mass is 10.0. The van der Waals surface area contributed by atoms with Crippen molar-refractivity contribution < 1.29 is 33.8 Å². The number of ether oxygens (including phenoxy) is 2. The lowest BCUT2D eigenvalue weighted by Crippen LogP contribution is -2.41. The van der Waals surface area contributed by atoms with Gasteiger partial charge in [0.1, 0.15) is 11.2 Å². The molecular formula is C19H38O7. The lowest BCUT2D eigenvalue weighted by molar-refractivity contribution is -0.460. The second-order valence-corrected chi connectivity index (χ2v) is 7.90. The molecule has 0 rings (SSSR count). The molecule has 7 heteroatoms. The van der Waals surface area contributed by atoms with E-state index in [-0.39, 0.29) is 0 Å². The van der Waals surface area contributed by atoms with Crippen LogP contribution in [0.2, 0.25) is 0 Å². The van der Waals surface area contributed by atoms with Crippen LogP contribution in [0.4, 0.5) is 4.79 Å². The van der Waals surface area contributed by atoms with E-state index in [2.05, 4.69) is 0 Å². The SMILES string of the molecule is CCC(C)(CC)OOC(C)(C)OC(=O)OC(C)(C)OOC(C)(CC)CC. The molecule has 156 valence electrons. The fourth-order valence-corrected chi connectivity index (χ4v) is 1.59. The van der Waals surface area contributed by atoms with Crippen molar-refractivity contribution in [2.75, 3.05) is 0 Å². The van der Waals surface area contributed by atoms with Gasteiger partial charge in [-0.05, 0) is 39.5 Å². The molecule has 0 fully saturated rings. The normalized spacial score (nSPS) is 13.6. The molecule has 0 unspecified atom stereocenters. The Morgan fingerprint density at radius 3 is 1.08 bits per heavy atom.